The van der Waals surface area contributed by atoms with Crippen molar-refractivity contribution >= 4 is 29.5 Å². The van der Waals surface area contributed by atoms with E-state index in [-0.39, 0.29) is 0 Å². The van der Waals surface area contributed by atoms with Crippen LogP contribution in [0.5, 0.6) is 5.75 Å². The molecule has 0 bridgehead atoms. The van der Waals surface area contributed by atoms with Crippen LogP contribution in [0.1, 0.15) is 12.8 Å². The van der Waals surface area contributed by atoms with E-state index in [1.54, 1.807) is 53.4 Å². The number of amides is 2. The number of ether oxygens (including phenoxy) is 2. The average Bonchev–Trinajstić information content (AvgIpc) is 2.93. The van der Waals surface area contributed by atoms with Crippen LogP contribution in [0, 0.1) is 0 Å². The van der Waals surface area contributed by atoms with Crippen molar-refractivity contribution in [3.05, 3.63) is 71.9 Å². The molecule has 2 saturated heterocycles. The lowest BCUT2D eigenvalue weighted by Crippen LogP contribution is -2.48. The molecule has 2 heterocycles. The Kier molecular flexibility index (Phi) is 4.73. The van der Waals surface area contributed by atoms with Crippen LogP contribution < -0.4 is 9.64 Å². The fourth-order valence-electron chi connectivity index (χ4n) is 3.53. The normalized spacial score (nSPS) is 18.3. The minimum Gasteiger partial charge on any atom is -0.436 e. The molecule has 28 heavy (non-hydrogen) atoms. The summed E-state index contributed by atoms with van der Waals surface area (Å²) in [5.41, 5.74) is 0.429. The van der Waals surface area contributed by atoms with Gasteiger partial charge in [0.2, 0.25) is 0 Å². The summed E-state index contributed by atoms with van der Waals surface area (Å²) in [6.07, 6.45) is 0.0510. The van der Waals surface area contributed by atoms with Gasteiger partial charge in [-0.05, 0) is 36.4 Å². The van der Waals surface area contributed by atoms with Crippen LogP contribution in [-0.2, 0) is 4.74 Å². The van der Waals surface area contributed by atoms with Crippen LogP contribution in [-0.4, -0.2) is 35.8 Å². The first-order valence-corrected chi connectivity index (χ1v) is 9.36. The Morgan fingerprint density at radius 2 is 1.71 bits per heavy atom. The lowest BCUT2D eigenvalue weighted by atomic mass is 9.88. The first kappa shape index (κ1) is 18.4. The van der Waals surface area contributed by atoms with E-state index in [0.717, 1.165) is 0 Å². The maximum Gasteiger partial charge on any atom is 0.419 e. The number of likely N-dealkylation sites (tertiary alicyclic amines) is 1. The second-order valence-corrected chi connectivity index (χ2v) is 7.23. The summed E-state index contributed by atoms with van der Waals surface area (Å²) in [7, 11) is 0. The number of hydrogen-bond donors (Lipinski definition) is 0. The Bertz CT molecular complexity index is 906. The summed E-state index contributed by atoms with van der Waals surface area (Å²) in [6.45, 7) is 4.93. The first-order chi connectivity index (χ1) is 13.5. The minimum atomic E-state index is -0.805. The fraction of sp³-hybridized carbons (Fsp3) is 0.238. The number of piperidine rings is 1. The number of benzene rings is 2. The molecule has 2 fully saturated rings. The molecule has 144 valence electrons. The Morgan fingerprint density at radius 3 is 2.36 bits per heavy atom. The third-order valence-corrected chi connectivity index (χ3v) is 5.38. The standard InChI is InChI=1S/C21H19ClN2O4/c1-15-21(28-20(26)24(15)17-9-7-16(22)8-10-17)11-13-23(14-12-21)19(25)27-18-5-3-2-4-6-18/h2-10H,1,11-14H2. The quantitative estimate of drug-likeness (QED) is 0.726. The highest BCUT2D eigenvalue weighted by molar-refractivity contribution is 6.30. The Labute approximate surface area is 167 Å². The third kappa shape index (κ3) is 3.31. The molecular weight excluding hydrogens is 380 g/mol. The lowest BCUT2D eigenvalue weighted by Gasteiger charge is -2.37. The monoisotopic (exact) mass is 398 g/mol. The summed E-state index contributed by atoms with van der Waals surface area (Å²) < 4.78 is 11.1. The van der Waals surface area contributed by atoms with Gasteiger partial charge in [-0.2, -0.15) is 0 Å². The molecule has 0 aromatic heterocycles. The number of para-hydroxylation sites is 1. The van der Waals surface area contributed by atoms with Gasteiger partial charge in [0.1, 0.15) is 5.75 Å². The zero-order valence-corrected chi connectivity index (χ0v) is 15.9. The predicted molar refractivity (Wildman–Crippen MR) is 106 cm³/mol. The summed E-state index contributed by atoms with van der Waals surface area (Å²) in [5.74, 6) is 0.499. The smallest absolute Gasteiger partial charge is 0.419 e. The van der Waals surface area contributed by atoms with Gasteiger partial charge in [-0.1, -0.05) is 36.4 Å². The molecule has 0 aliphatic carbocycles. The summed E-state index contributed by atoms with van der Waals surface area (Å²) in [5, 5.41) is 0.585. The van der Waals surface area contributed by atoms with E-state index in [9.17, 15) is 9.59 Å². The number of hydrogen-bond acceptors (Lipinski definition) is 4. The van der Waals surface area contributed by atoms with Crippen molar-refractivity contribution in [3.8, 4) is 5.75 Å². The van der Waals surface area contributed by atoms with Gasteiger partial charge in [0.05, 0.1) is 11.4 Å². The topological polar surface area (TPSA) is 59.1 Å². The first-order valence-electron chi connectivity index (χ1n) is 8.98. The summed E-state index contributed by atoms with van der Waals surface area (Å²) in [6, 6.07) is 15.9. The molecule has 2 aromatic carbocycles. The average molecular weight is 399 g/mol. The van der Waals surface area contributed by atoms with Crippen molar-refractivity contribution in [1.29, 1.82) is 0 Å². The Morgan fingerprint density at radius 1 is 1.07 bits per heavy atom. The largest absolute Gasteiger partial charge is 0.436 e. The summed E-state index contributed by atoms with van der Waals surface area (Å²) >= 11 is 5.93. The lowest BCUT2D eigenvalue weighted by molar-refractivity contribution is 0.0191. The van der Waals surface area contributed by atoms with Crippen molar-refractivity contribution < 1.29 is 19.1 Å². The Hall–Kier alpha value is -2.99. The summed E-state index contributed by atoms with van der Waals surface area (Å²) in [4.78, 5) is 28.0. The third-order valence-electron chi connectivity index (χ3n) is 5.12. The molecule has 0 atom stereocenters. The second-order valence-electron chi connectivity index (χ2n) is 6.79. The van der Waals surface area contributed by atoms with E-state index >= 15 is 0 Å². The molecule has 2 aliphatic rings. The van der Waals surface area contributed by atoms with Crippen LogP contribution in [0.3, 0.4) is 0 Å². The second kappa shape index (κ2) is 7.20. The molecule has 6 nitrogen and oxygen atoms in total. The highest BCUT2D eigenvalue weighted by Gasteiger charge is 2.51. The van der Waals surface area contributed by atoms with E-state index in [2.05, 4.69) is 6.58 Å². The molecule has 2 aliphatic heterocycles. The Balaban J connectivity index is 1.43. The van der Waals surface area contributed by atoms with E-state index in [1.165, 1.54) is 4.90 Å². The van der Waals surface area contributed by atoms with Crippen LogP contribution in [0.25, 0.3) is 0 Å². The molecule has 7 heteroatoms. The zero-order valence-electron chi connectivity index (χ0n) is 15.1. The van der Waals surface area contributed by atoms with E-state index in [4.69, 9.17) is 21.1 Å². The molecular formula is C21H19ClN2O4. The molecule has 0 unspecified atom stereocenters. The van der Waals surface area contributed by atoms with Crippen molar-refractivity contribution in [1.82, 2.24) is 4.90 Å². The number of carbonyl (C=O) groups excluding carboxylic acids is 2. The maximum atomic E-state index is 12.5. The highest BCUT2D eigenvalue weighted by Crippen LogP contribution is 2.43. The van der Waals surface area contributed by atoms with Gasteiger partial charge < -0.3 is 14.4 Å². The zero-order chi connectivity index (χ0) is 19.7. The number of rotatable bonds is 2. The van der Waals surface area contributed by atoms with Crippen molar-refractivity contribution in [2.24, 2.45) is 0 Å². The van der Waals surface area contributed by atoms with Crippen LogP contribution in [0.2, 0.25) is 5.02 Å². The molecule has 0 saturated carbocycles. The number of halogens is 1. The fourth-order valence-corrected chi connectivity index (χ4v) is 3.66. The van der Waals surface area contributed by atoms with Crippen molar-refractivity contribution in [2.75, 3.05) is 18.0 Å². The van der Waals surface area contributed by atoms with Gasteiger partial charge in [0.15, 0.2) is 5.60 Å². The molecule has 0 radical (unpaired) electrons. The van der Waals surface area contributed by atoms with Crippen molar-refractivity contribution in [3.63, 3.8) is 0 Å². The number of carbonyl (C=O) groups is 2. The number of nitrogens with zero attached hydrogens (tertiary/aromatic N) is 2. The molecule has 2 amide bonds. The van der Waals surface area contributed by atoms with Crippen LogP contribution in [0.4, 0.5) is 15.3 Å². The van der Waals surface area contributed by atoms with Gasteiger partial charge >= 0.3 is 12.2 Å². The van der Waals surface area contributed by atoms with E-state index in [1.807, 2.05) is 6.07 Å². The van der Waals surface area contributed by atoms with Crippen molar-refractivity contribution in [2.45, 2.75) is 18.4 Å². The molecule has 1 spiro atoms. The molecule has 0 N–H and O–H groups in total. The molecule has 4 rings (SSSR count). The van der Waals surface area contributed by atoms with Gasteiger partial charge in [-0.15, -0.1) is 0 Å². The van der Waals surface area contributed by atoms with Gasteiger partial charge in [0.25, 0.3) is 0 Å². The van der Waals surface area contributed by atoms with Gasteiger partial charge in [-0.25, -0.2) is 14.5 Å². The maximum absolute atomic E-state index is 12.5. The predicted octanol–water partition coefficient (Wildman–Crippen LogP) is 4.84. The minimum absolute atomic E-state index is 0.409. The molecule has 2 aromatic rings. The van der Waals surface area contributed by atoms with Gasteiger partial charge in [-0.3, -0.25) is 0 Å². The van der Waals surface area contributed by atoms with E-state index < -0.39 is 17.8 Å². The highest BCUT2D eigenvalue weighted by atomic mass is 35.5. The number of anilines is 1. The SMILES string of the molecule is C=C1N(c2ccc(Cl)cc2)C(=O)OC12CCN(C(=O)Oc1ccccc1)CC2. The van der Waals surface area contributed by atoms with E-state index in [0.29, 0.717) is 48.1 Å². The van der Waals surface area contributed by atoms with Crippen LogP contribution >= 0.6 is 11.6 Å². The van der Waals surface area contributed by atoms with Crippen LogP contribution in [0.15, 0.2) is 66.9 Å². The van der Waals surface area contributed by atoms with Gasteiger partial charge in [0, 0.05) is 31.0 Å².